The van der Waals surface area contributed by atoms with Gasteiger partial charge < -0.3 is 4.90 Å². The van der Waals surface area contributed by atoms with Gasteiger partial charge in [0, 0.05) is 5.69 Å². The van der Waals surface area contributed by atoms with Crippen LogP contribution in [0.4, 0.5) is 10.1 Å². The maximum Gasteiger partial charge on any atom is 0.247 e. The maximum atomic E-state index is 12.8. The molecule has 0 bridgehead atoms. The van der Waals surface area contributed by atoms with Crippen LogP contribution in [-0.2, 0) is 14.8 Å². The van der Waals surface area contributed by atoms with E-state index >= 15 is 0 Å². The van der Waals surface area contributed by atoms with E-state index in [0.717, 1.165) is 0 Å². The zero-order valence-corrected chi connectivity index (χ0v) is 11.8. The number of sulfonamides is 1. The van der Waals surface area contributed by atoms with Crippen LogP contribution in [0.15, 0.2) is 24.3 Å². The summed E-state index contributed by atoms with van der Waals surface area (Å²) in [5.41, 5.74) is 0.574. The highest BCUT2D eigenvalue weighted by atomic mass is 32.2. The lowest BCUT2D eigenvalue weighted by Crippen LogP contribution is -2.65. The van der Waals surface area contributed by atoms with E-state index in [1.54, 1.807) is 6.92 Å². The van der Waals surface area contributed by atoms with Crippen molar-refractivity contribution in [1.29, 1.82) is 0 Å². The Bertz CT molecular complexity index is 653. The van der Waals surface area contributed by atoms with Crippen molar-refractivity contribution in [2.75, 3.05) is 11.4 Å². The number of nitrogens with one attached hydrogen (secondary N) is 1. The van der Waals surface area contributed by atoms with E-state index in [1.807, 2.05) is 0 Å². The topological polar surface area (TPSA) is 66.5 Å². The molecule has 0 aromatic heterocycles. The largest absolute Gasteiger partial charge is 0.309 e. The van der Waals surface area contributed by atoms with Gasteiger partial charge in [0.15, 0.2) is 0 Å². The van der Waals surface area contributed by atoms with Crippen LogP contribution < -0.4 is 9.62 Å². The predicted molar refractivity (Wildman–Crippen MR) is 72.2 cm³/mol. The van der Waals surface area contributed by atoms with Gasteiger partial charge in [0.25, 0.3) is 0 Å². The molecule has 2 aliphatic rings. The van der Waals surface area contributed by atoms with E-state index in [4.69, 9.17) is 0 Å². The first-order valence-corrected chi connectivity index (χ1v) is 7.90. The maximum absolute atomic E-state index is 12.8. The van der Waals surface area contributed by atoms with Crippen molar-refractivity contribution < 1.29 is 17.6 Å². The number of carbonyl (C=O) groups excluding carboxylic acids is 1. The standard InChI is InChI=1S/C13H15FN2O3S/c1-13(6-7-13)20(18,19)15-11-8-16(12(11)17)10-4-2-9(14)3-5-10/h2-5,11,15H,6-8H2,1H3. The second-order valence-electron chi connectivity index (χ2n) is 5.55. The van der Waals surface area contributed by atoms with Crippen LogP contribution in [0, 0.1) is 5.82 Å². The molecule has 1 saturated carbocycles. The Hall–Kier alpha value is -1.47. The molecule has 1 saturated heterocycles. The van der Waals surface area contributed by atoms with Gasteiger partial charge in [-0.05, 0) is 44.0 Å². The van der Waals surface area contributed by atoms with Crippen molar-refractivity contribution in [3.8, 4) is 0 Å². The molecule has 20 heavy (non-hydrogen) atoms. The van der Waals surface area contributed by atoms with Crippen molar-refractivity contribution in [3.63, 3.8) is 0 Å². The number of amides is 1. The summed E-state index contributed by atoms with van der Waals surface area (Å²) in [6.07, 6.45) is 1.26. The molecule has 0 spiro atoms. The monoisotopic (exact) mass is 298 g/mol. The summed E-state index contributed by atoms with van der Waals surface area (Å²) >= 11 is 0. The molecule has 1 aromatic carbocycles. The van der Waals surface area contributed by atoms with Gasteiger partial charge >= 0.3 is 0 Å². The summed E-state index contributed by atoms with van der Waals surface area (Å²) < 4.78 is 38.6. The first-order valence-electron chi connectivity index (χ1n) is 6.41. The second kappa shape index (κ2) is 4.26. The molecule has 1 atom stereocenters. The average Bonchev–Trinajstić information content (AvgIpc) is 3.15. The number of hydrogen-bond acceptors (Lipinski definition) is 3. The summed E-state index contributed by atoms with van der Waals surface area (Å²) in [6.45, 7) is 1.95. The first-order chi connectivity index (χ1) is 9.32. The lowest BCUT2D eigenvalue weighted by Gasteiger charge is -2.38. The van der Waals surface area contributed by atoms with Crippen molar-refractivity contribution in [1.82, 2.24) is 4.72 Å². The van der Waals surface area contributed by atoms with Crippen molar-refractivity contribution in [3.05, 3.63) is 30.1 Å². The second-order valence-corrected chi connectivity index (χ2v) is 7.78. The van der Waals surface area contributed by atoms with E-state index < -0.39 is 20.8 Å². The van der Waals surface area contributed by atoms with Crippen LogP contribution >= 0.6 is 0 Å². The molecule has 7 heteroatoms. The van der Waals surface area contributed by atoms with Crippen LogP contribution in [0.5, 0.6) is 0 Å². The van der Waals surface area contributed by atoms with Crippen LogP contribution in [0.1, 0.15) is 19.8 Å². The molecule has 1 aliphatic heterocycles. The molecule has 1 aromatic rings. The fourth-order valence-corrected chi connectivity index (χ4v) is 3.62. The van der Waals surface area contributed by atoms with Crippen molar-refractivity contribution in [2.24, 2.45) is 0 Å². The smallest absolute Gasteiger partial charge is 0.247 e. The average molecular weight is 298 g/mol. The Morgan fingerprint density at radius 3 is 2.40 bits per heavy atom. The third-order valence-electron chi connectivity index (χ3n) is 3.97. The van der Waals surface area contributed by atoms with E-state index in [0.29, 0.717) is 18.5 Å². The zero-order chi connectivity index (χ0) is 14.5. The quantitative estimate of drug-likeness (QED) is 0.844. The molecular formula is C13H15FN2O3S. The highest BCUT2D eigenvalue weighted by Gasteiger charge is 2.52. The normalized spacial score (nSPS) is 24.4. The molecule has 3 rings (SSSR count). The number of anilines is 1. The number of benzene rings is 1. The van der Waals surface area contributed by atoms with Crippen molar-refractivity contribution >= 4 is 21.6 Å². The third-order valence-corrected chi connectivity index (χ3v) is 6.27. The predicted octanol–water partition coefficient (Wildman–Crippen LogP) is 1.01. The van der Waals surface area contributed by atoms with Crippen molar-refractivity contribution in [2.45, 2.75) is 30.6 Å². The first kappa shape index (κ1) is 13.5. The number of hydrogen-bond donors (Lipinski definition) is 1. The van der Waals surface area contributed by atoms with E-state index in [9.17, 15) is 17.6 Å². The van der Waals surface area contributed by atoms with Gasteiger partial charge in [0.2, 0.25) is 15.9 Å². The van der Waals surface area contributed by atoms with Crippen LogP contribution in [0.3, 0.4) is 0 Å². The zero-order valence-electron chi connectivity index (χ0n) is 11.0. The Balaban J connectivity index is 1.67. The summed E-state index contributed by atoms with van der Waals surface area (Å²) in [5, 5.41) is 0. The Labute approximate surface area is 116 Å². The van der Waals surface area contributed by atoms with Gasteiger partial charge in [-0.2, -0.15) is 0 Å². The SMILES string of the molecule is CC1(S(=O)(=O)NC2CN(c3ccc(F)cc3)C2=O)CC1. The molecule has 0 radical (unpaired) electrons. The summed E-state index contributed by atoms with van der Waals surface area (Å²) in [4.78, 5) is 13.4. The summed E-state index contributed by atoms with van der Waals surface area (Å²) in [7, 11) is -3.45. The molecule has 1 aliphatic carbocycles. The van der Waals surface area contributed by atoms with Gasteiger partial charge in [0.05, 0.1) is 11.3 Å². The molecule has 2 fully saturated rings. The third kappa shape index (κ3) is 2.10. The highest BCUT2D eigenvalue weighted by molar-refractivity contribution is 7.91. The fraction of sp³-hybridized carbons (Fsp3) is 0.462. The van der Waals surface area contributed by atoms with Gasteiger partial charge in [0.1, 0.15) is 11.9 Å². The molecular weight excluding hydrogens is 283 g/mol. The van der Waals surface area contributed by atoms with Gasteiger partial charge in [-0.15, -0.1) is 0 Å². The Kier molecular flexibility index (Phi) is 2.88. The van der Waals surface area contributed by atoms with Crippen LogP contribution in [-0.4, -0.2) is 31.7 Å². The van der Waals surface area contributed by atoms with Gasteiger partial charge in [-0.1, -0.05) is 0 Å². The Morgan fingerprint density at radius 2 is 1.90 bits per heavy atom. The summed E-state index contributed by atoms with van der Waals surface area (Å²) in [5.74, 6) is -0.676. The lowest BCUT2D eigenvalue weighted by molar-refractivity contribution is -0.124. The summed E-state index contributed by atoms with van der Waals surface area (Å²) in [6, 6.07) is 4.83. The molecule has 1 amide bonds. The number of β-lactam (4-membered cyclic amide) rings is 1. The lowest BCUT2D eigenvalue weighted by atomic mass is 10.1. The fourth-order valence-electron chi connectivity index (χ4n) is 2.14. The van der Waals surface area contributed by atoms with E-state index in [1.165, 1.54) is 29.2 Å². The highest BCUT2D eigenvalue weighted by Crippen LogP contribution is 2.42. The Morgan fingerprint density at radius 1 is 1.30 bits per heavy atom. The number of carbonyl (C=O) groups is 1. The minimum absolute atomic E-state index is 0.278. The molecule has 1 unspecified atom stereocenters. The molecule has 1 heterocycles. The molecule has 5 nitrogen and oxygen atoms in total. The van der Waals surface area contributed by atoms with E-state index in [-0.39, 0.29) is 18.3 Å². The number of nitrogens with zero attached hydrogens (tertiary/aromatic N) is 1. The number of halogens is 1. The minimum Gasteiger partial charge on any atom is -0.309 e. The van der Waals surface area contributed by atoms with Gasteiger partial charge in [-0.3, -0.25) is 4.79 Å². The molecule has 1 N–H and O–H groups in total. The van der Waals surface area contributed by atoms with Crippen LogP contribution in [0.25, 0.3) is 0 Å². The molecule has 108 valence electrons. The van der Waals surface area contributed by atoms with Crippen LogP contribution in [0.2, 0.25) is 0 Å². The van der Waals surface area contributed by atoms with E-state index in [2.05, 4.69) is 4.72 Å². The van der Waals surface area contributed by atoms with Gasteiger partial charge in [-0.25, -0.2) is 17.5 Å². The minimum atomic E-state index is -3.45. The number of rotatable bonds is 4.